The Hall–Kier alpha value is 1.55. The molecule has 0 aromatic rings. The van der Waals surface area contributed by atoms with Gasteiger partial charge in [-0.1, -0.05) is 12.6 Å². The molecule has 0 bridgehead atoms. The van der Waals surface area contributed by atoms with Crippen molar-refractivity contribution in [1.82, 2.24) is 0 Å². The van der Waals surface area contributed by atoms with Gasteiger partial charge in [-0.2, -0.15) is 0 Å². The van der Waals surface area contributed by atoms with Crippen LogP contribution in [0.1, 0.15) is 8.35 Å². The van der Waals surface area contributed by atoms with Crippen LogP contribution in [0.4, 0.5) is 0 Å². The molecular weight excluding hydrogens is 171 g/mol. The molecule has 0 atom stereocenters. The fourth-order valence-corrected chi connectivity index (χ4v) is 0.369. The second kappa shape index (κ2) is 6.66. The average molecular weight is 176 g/mol. The van der Waals surface area contributed by atoms with E-state index in [9.17, 15) is 4.79 Å². The maximum atomic E-state index is 9.90. The summed E-state index contributed by atoms with van der Waals surface area (Å²) in [5.41, 5.74) is 0. The third kappa shape index (κ3) is 10.5. The summed E-state index contributed by atoms with van der Waals surface area (Å²) in [5, 5.41) is 0. The molecular formula is C3H5KO2S2. The topological polar surface area (TPSA) is 26.3 Å². The van der Waals surface area contributed by atoms with Crippen LogP contribution in [0.25, 0.3) is 0 Å². The molecule has 0 fully saturated rings. The average Bonchev–Trinajstić information content (AvgIpc) is 1.27. The predicted molar refractivity (Wildman–Crippen MR) is 34.5 cm³/mol. The minimum Gasteiger partial charge on any atom is -1.00 e. The van der Waals surface area contributed by atoms with Crippen LogP contribution in [-0.4, -0.2) is 10.4 Å². The van der Waals surface area contributed by atoms with E-state index in [0.717, 1.165) is 0 Å². The second-order valence-electron chi connectivity index (χ2n) is 0.860. The minimum absolute atomic E-state index is 0. The first-order chi connectivity index (χ1) is 3.13. The monoisotopic (exact) mass is 176 g/mol. The van der Waals surface area contributed by atoms with Crippen molar-refractivity contribution in [1.29, 1.82) is 0 Å². The van der Waals surface area contributed by atoms with E-state index >= 15 is 0 Å². The Bertz CT molecular complexity index is 96.0. The predicted octanol–water partition coefficient (Wildman–Crippen LogP) is -2.12. The summed E-state index contributed by atoms with van der Waals surface area (Å²) in [5.74, 6) is -0.431. The molecule has 0 aliphatic heterocycles. The Morgan fingerprint density at radius 3 is 2.25 bits per heavy atom. The van der Waals surface area contributed by atoms with Gasteiger partial charge in [0.05, 0.1) is 0 Å². The molecule has 0 N–H and O–H groups in total. The summed E-state index contributed by atoms with van der Waals surface area (Å²) < 4.78 is 4.17. The van der Waals surface area contributed by atoms with Gasteiger partial charge >= 0.3 is 57.4 Å². The molecule has 0 aliphatic rings. The van der Waals surface area contributed by atoms with Gasteiger partial charge in [-0.15, -0.1) is 0 Å². The number of esters is 1. The SMILES string of the molecule is CC(=O)OC(=S)S.[H-].[K+]. The number of carbonyl (C=O) groups is 1. The van der Waals surface area contributed by atoms with E-state index in [2.05, 4.69) is 29.6 Å². The van der Waals surface area contributed by atoms with Crippen LogP contribution in [0.15, 0.2) is 0 Å². The summed E-state index contributed by atoms with van der Waals surface area (Å²) in [6.45, 7) is 1.27. The minimum atomic E-state index is -0.431. The fraction of sp³-hybridized carbons (Fsp3) is 0.333. The van der Waals surface area contributed by atoms with Crippen LogP contribution < -0.4 is 51.4 Å². The molecule has 0 radical (unpaired) electrons. The standard InChI is InChI=1S/C3H4O2S2.K.H/c1-2(4)5-3(6)7;;/h1H3,(H,6,7);;/q;+1;-1. The Labute approximate surface area is 103 Å². The van der Waals surface area contributed by atoms with Gasteiger partial charge in [0.2, 0.25) is 4.38 Å². The first kappa shape index (κ1) is 12.2. The number of hydrogen-bond donors (Lipinski definition) is 1. The number of rotatable bonds is 0. The van der Waals surface area contributed by atoms with Crippen LogP contribution in [0.3, 0.4) is 0 Å². The van der Waals surface area contributed by atoms with E-state index < -0.39 is 5.97 Å². The molecule has 0 unspecified atom stereocenters. The van der Waals surface area contributed by atoms with Gasteiger partial charge in [0.1, 0.15) is 0 Å². The van der Waals surface area contributed by atoms with Gasteiger partial charge in [0, 0.05) is 6.92 Å². The van der Waals surface area contributed by atoms with Crippen LogP contribution >= 0.6 is 24.8 Å². The van der Waals surface area contributed by atoms with Crippen LogP contribution in [0.2, 0.25) is 0 Å². The van der Waals surface area contributed by atoms with Crippen molar-refractivity contribution in [3.63, 3.8) is 0 Å². The van der Waals surface area contributed by atoms with E-state index in [1.165, 1.54) is 6.92 Å². The number of thiocarbonyl (C=S) groups is 1. The van der Waals surface area contributed by atoms with Crippen molar-refractivity contribution in [2.24, 2.45) is 0 Å². The van der Waals surface area contributed by atoms with Gasteiger partial charge < -0.3 is 6.16 Å². The largest absolute Gasteiger partial charge is 1.00 e. The van der Waals surface area contributed by atoms with Gasteiger partial charge in [-0.3, -0.25) is 4.79 Å². The number of thiol groups is 1. The summed E-state index contributed by atoms with van der Waals surface area (Å²) >= 11 is 7.82. The maximum absolute atomic E-state index is 9.90. The molecule has 0 aliphatic carbocycles. The van der Waals surface area contributed by atoms with Crippen LogP contribution in [0.5, 0.6) is 0 Å². The van der Waals surface area contributed by atoms with E-state index in [4.69, 9.17) is 0 Å². The normalized spacial score (nSPS) is 6.75. The first-order valence-corrected chi connectivity index (χ1v) is 2.40. The summed E-state index contributed by atoms with van der Waals surface area (Å²) in [6.07, 6.45) is 0. The van der Waals surface area contributed by atoms with E-state index in [1.54, 1.807) is 0 Å². The molecule has 0 saturated heterocycles. The Morgan fingerprint density at radius 2 is 2.25 bits per heavy atom. The second-order valence-corrected chi connectivity index (χ2v) is 1.94. The summed E-state index contributed by atoms with van der Waals surface area (Å²) in [7, 11) is 0. The molecule has 0 aromatic carbocycles. The molecule has 2 nitrogen and oxygen atoms in total. The molecule has 0 saturated carbocycles. The third-order valence-electron chi connectivity index (χ3n) is 0.231. The van der Waals surface area contributed by atoms with E-state index in [-0.39, 0.29) is 57.2 Å². The molecule has 0 heterocycles. The zero-order valence-electron chi connectivity index (χ0n) is 5.67. The fourth-order valence-electron chi connectivity index (χ4n) is 0.123. The van der Waals surface area contributed by atoms with E-state index in [1.807, 2.05) is 0 Å². The molecule has 0 aromatic heterocycles. The van der Waals surface area contributed by atoms with Crippen molar-refractivity contribution in [2.75, 3.05) is 0 Å². The van der Waals surface area contributed by atoms with Gasteiger partial charge in [-0.25, -0.2) is 0 Å². The van der Waals surface area contributed by atoms with Crippen molar-refractivity contribution in [3.05, 3.63) is 0 Å². The van der Waals surface area contributed by atoms with Crippen molar-refractivity contribution in [2.45, 2.75) is 6.92 Å². The van der Waals surface area contributed by atoms with Crippen molar-refractivity contribution in [3.8, 4) is 0 Å². The first-order valence-electron chi connectivity index (χ1n) is 1.54. The third-order valence-corrected chi connectivity index (χ3v) is 0.406. The van der Waals surface area contributed by atoms with Gasteiger partial charge in [0.25, 0.3) is 0 Å². The maximum Gasteiger partial charge on any atom is 1.00 e. The number of ether oxygens (including phenoxy) is 1. The molecule has 0 amide bonds. The van der Waals surface area contributed by atoms with Crippen LogP contribution in [-0.2, 0) is 9.53 Å². The van der Waals surface area contributed by atoms with Crippen molar-refractivity contribution >= 4 is 35.2 Å². The quantitative estimate of drug-likeness (QED) is 0.198. The van der Waals surface area contributed by atoms with Crippen molar-refractivity contribution < 1.29 is 62.3 Å². The summed E-state index contributed by atoms with van der Waals surface area (Å²) in [4.78, 5) is 9.90. The molecule has 0 rings (SSSR count). The molecule has 5 heteroatoms. The number of hydrogen-bond acceptors (Lipinski definition) is 3. The zero-order chi connectivity index (χ0) is 5.86. The molecule has 42 valence electrons. The van der Waals surface area contributed by atoms with Crippen LogP contribution in [0, 0.1) is 0 Å². The Balaban J connectivity index is -0.000000180. The summed E-state index contributed by atoms with van der Waals surface area (Å²) in [6, 6.07) is 0. The van der Waals surface area contributed by atoms with E-state index in [0.29, 0.717) is 0 Å². The van der Waals surface area contributed by atoms with Gasteiger partial charge in [-0.05, 0) is 12.2 Å². The Morgan fingerprint density at radius 1 is 1.88 bits per heavy atom. The zero-order valence-corrected chi connectivity index (χ0v) is 9.51. The van der Waals surface area contributed by atoms with Gasteiger partial charge in [0.15, 0.2) is 0 Å². The smallest absolute Gasteiger partial charge is 1.00 e. The molecule has 8 heavy (non-hydrogen) atoms. The Kier molecular flexibility index (Phi) is 10.2. The number of carbonyl (C=O) groups excluding carboxylic acids is 1. The molecule has 0 spiro atoms.